The number of thioether (sulfide) groups is 1. The number of hydrogen-bond donors (Lipinski definition) is 1. The second kappa shape index (κ2) is 6.54. The lowest BCUT2D eigenvalue weighted by atomic mass is 10.2. The summed E-state index contributed by atoms with van der Waals surface area (Å²) >= 11 is 1.48. The molecule has 3 heterocycles. The van der Waals surface area contributed by atoms with Gasteiger partial charge < -0.3 is 4.98 Å². The van der Waals surface area contributed by atoms with Crippen LogP contribution in [0.2, 0.25) is 0 Å². The fraction of sp³-hybridized carbons (Fsp3) is 0.375. The number of hydrogen-bond acceptors (Lipinski definition) is 5. The normalized spacial score (nSPS) is 11.3. The molecule has 1 N–H and O–H groups in total. The molecular formula is C16H19N5OS. The lowest BCUT2D eigenvalue weighted by molar-refractivity contribution is 0.815. The van der Waals surface area contributed by atoms with Crippen LogP contribution in [0.1, 0.15) is 36.1 Å². The van der Waals surface area contributed by atoms with Crippen molar-refractivity contribution < 1.29 is 0 Å². The first-order valence-corrected chi connectivity index (χ1v) is 8.59. The molecule has 0 saturated carbocycles. The Balaban J connectivity index is 1.81. The molecule has 3 aromatic heterocycles. The number of nitrogens with zero attached hydrogens (tertiary/aromatic N) is 4. The molecule has 0 unspecified atom stereocenters. The third-order valence-electron chi connectivity index (χ3n) is 3.45. The lowest BCUT2D eigenvalue weighted by Crippen LogP contribution is -2.09. The first-order valence-electron chi connectivity index (χ1n) is 7.60. The van der Waals surface area contributed by atoms with E-state index in [4.69, 9.17) is 0 Å². The van der Waals surface area contributed by atoms with Crippen molar-refractivity contribution in [3.8, 4) is 0 Å². The van der Waals surface area contributed by atoms with E-state index in [1.165, 1.54) is 11.8 Å². The van der Waals surface area contributed by atoms with Gasteiger partial charge in [0, 0.05) is 35.1 Å². The zero-order valence-electron chi connectivity index (χ0n) is 13.5. The fourth-order valence-electron chi connectivity index (χ4n) is 2.47. The van der Waals surface area contributed by atoms with Gasteiger partial charge in [0.25, 0.3) is 5.56 Å². The van der Waals surface area contributed by atoms with Crippen LogP contribution in [0, 0.1) is 13.8 Å². The molecule has 0 bridgehead atoms. The van der Waals surface area contributed by atoms with Gasteiger partial charge in [-0.15, -0.1) is 0 Å². The van der Waals surface area contributed by atoms with Gasteiger partial charge >= 0.3 is 0 Å². The van der Waals surface area contributed by atoms with Gasteiger partial charge in [-0.2, -0.15) is 0 Å². The second-order valence-corrected chi connectivity index (χ2v) is 6.49. The van der Waals surface area contributed by atoms with Crippen LogP contribution in [0.5, 0.6) is 0 Å². The summed E-state index contributed by atoms with van der Waals surface area (Å²) in [6.45, 7) is 6.07. The molecule has 0 atom stereocenters. The van der Waals surface area contributed by atoms with E-state index in [0.29, 0.717) is 16.7 Å². The summed E-state index contributed by atoms with van der Waals surface area (Å²) in [5.74, 6) is 1.35. The van der Waals surface area contributed by atoms with Crippen molar-refractivity contribution in [1.29, 1.82) is 0 Å². The Kier molecular flexibility index (Phi) is 4.47. The Labute approximate surface area is 138 Å². The van der Waals surface area contributed by atoms with E-state index < -0.39 is 0 Å². The Morgan fingerprint density at radius 2 is 2.00 bits per heavy atom. The largest absolute Gasteiger partial charge is 0.301 e. The minimum atomic E-state index is -0.103. The molecule has 0 saturated heterocycles. The first kappa shape index (κ1) is 15.7. The van der Waals surface area contributed by atoms with E-state index in [2.05, 4.69) is 26.9 Å². The highest BCUT2D eigenvalue weighted by atomic mass is 32.2. The molecule has 0 aliphatic heterocycles. The second-order valence-electron chi connectivity index (χ2n) is 5.52. The van der Waals surface area contributed by atoms with Crippen LogP contribution >= 0.6 is 11.8 Å². The summed E-state index contributed by atoms with van der Waals surface area (Å²) in [6.07, 6.45) is 3.77. The molecule has 23 heavy (non-hydrogen) atoms. The highest BCUT2D eigenvalue weighted by Gasteiger charge is 2.08. The average Bonchev–Trinajstić information content (AvgIpc) is 2.88. The number of fused-ring (bicyclic) bond motifs is 1. The number of imidazole rings is 1. The molecule has 3 aromatic rings. The average molecular weight is 329 g/mol. The minimum absolute atomic E-state index is 0.103. The molecule has 0 fully saturated rings. The van der Waals surface area contributed by atoms with E-state index in [0.717, 1.165) is 35.6 Å². The van der Waals surface area contributed by atoms with Gasteiger partial charge in [-0.05, 0) is 26.3 Å². The number of nitrogens with one attached hydrogen (secondary N) is 1. The summed E-state index contributed by atoms with van der Waals surface area (Å²) in [6, 6.07) is 3.59. The van der Waals surface area contributed by atoms with E-state index in [1.54, 1.807) is 6.07 Å². The Bertz CT molecular complexity index is 899. The highest BCUT2D eigenvalue weighted by molar-refractivity contribution is 7.98. The maximum atomic E-state index is 11.7. The molecule has 0 spiro atoms. The number of aromatic amines is 1. The smallest absolute Gasteiger partial charge is 0.251 e. The molecule has 7 heteroatoms. The van der Waals surface area contributed by atoms with E-state index in [9.17, 15) is 4.79 Å². The van der Waals surface area contributed by atoms with Gasteiger partial charge in [0.15, 0.2) is 5.16 Å². The molecule has 0 radical (unpaired) electrons. The van der Waals surface area contributed by atoms with Crippen molar-refractivity contribution in [1.82, 2.24) is 24.3 Å². The summed E-state index contributed by atoms with van der Waals surface area (Å²) in [5.41, 5.74) is 3.71. The van der Waals surface area contributed by atoms with Crippen molar-refractivity contribution in [3.05, 3.63) is 51.5 Å². The predicted octanol–water partition coefficient (Wildman–Crippen LogP) is 2.67. The predicted molar refractivity (Wildman–Crippen MR) is 90.9 cm³/mol. The van der Waals surface area contributed by atoms with Crippen molar-refractivity contribution in [2.45, 2.75) is 44.5 Å². The summed E-state index contributed by atoms with van der Waals surface area (Å²) < 4.78 is 1.98. The molecule has 120 valence electrons. The van der Waals surface area contributed by atoms with Crippen LogP contribution < -0.4 is 5.56 Å². The van der Waals surface area contributed by atoms with Gasteiger partial charge in [-0.3, -0.25) is 9.20 Å². The third kappa shape index (κ3) is 3.61. The van der Waals surface area contributed by atoms with Crippen molar-refractivity contribution >= 4 is 17.5 Å². The topological polar surface area (TPSA) is 75.9 Å². The van der Waals surface area contributed by atoms with Gasteiger partial charge in [0.1, 0.15) is 0 Å². The van der Waals surface area contributed by atoms with Gasteiger partial charge in [-0.1, -0.05) is 25.1 Å². The van der Waals surface area contributed by atoms with Crippen molar-refractivity contribution in [3.63, 3.8) is 0 Å². The maximum Gasteiger partial charge on any atom is 0.251 e. The minimum Gasteiger partial charge on any atom is -0.301 e. The third-order valence-corrected chi connectivity index (χ3v) is 4.35. The number of rotatable bonds is 5. The molecule has 3 rings (SSSR count). The van der Waals surface area contributed by atoms with Crippen molar-refractivity contribution in [2.75, 3.05) is 0 Å². The van der Waals surface area contributed by atoms with Crippen molar-refractivity contribution in [2.24, 2.45) is 0 Å². The first-order chi connectivity index (χ1) is 11.0. The monoisotopic (exact) mass is 329 g/mol. The maximum absolute atomic E-state index is 11.7. The Hall–Kier alpha value is -2.15. The summed E-state index contributed by atoms with van der Waals surface area (Å²) in [7, 11) is 0. The quantitative estimate of drug-likeness (QED) is 0.575. The summed E-state index contributed by atoms with van der Waals surface area (Å²) in [4.78, 5) is 27.9. The van der Waals surface area contributed by atoms with Crippen LogP contribution in [-0.2, 0) is 12.2 Å². The van der Waals surface area contributed by atoms with Gasteiger partial charge in [0.2, 0.25) is 5.78 Å². The SMILES string of the molecule is CCCc1cc(=O)[nH]c(SCc2cn3c(C)cc(C)nc3n2)n1. The highest BCUT2D eigenvalue weighted by Crippen LogP contribution is 2.19. The summed E-state index contributed by atoms with van der Waals surface area (Å²) in [5, 5.41) is 0.638. The number of aromatic nitrogens is 5. The standard InChI is InChI=1S/C16H19N5OS/c1-4-5-12-7-14(22)20-16(19-12)23-9-13-8-21-11(3)6-10(2)17-15(21)18-13/h6-8H,4-5,9H2,1-3H3,(H,19,20,22). The van der Waals surface area contributed by atoms with E-state index >= 15 is 0 Å². The van der Waals surface area contributed by atoms with Crippen LogP contribution in [0.25, 0.3) is 5.78 Å². The van der Waals surface area contributed by atoms with Crippen LogP contribution in [-0.4, -0.2) is 24.3 Å². The van der Waals surface area contributed by atoms with Crippen LogP contribution in [0.15, 0.2) is 28.3 Å². The molecule has 0 aromatic carbocycles. The Morgan fingerprint density at radius 1 is 1.17 bits per heavy atom. The van der Waals surface area contributed by atoms with E-state index in [1.807, 2.05) is 30.5 Å². The van der Waals surface area contributed by atoms with Crippen LogP contribution in [0.4, 0.5) is 0 Å². The zero-order valence-corrected chi connectivity index (χ0v) is 14.3. The van der Waals surface area contributed by atoms with Gasteiger partial charge in [0.05, 0.1) is 5.69 Å². The number of H-pyrrole nitrogens is 1. The fourth-order valence-corrected chi connectivity index (χ4v) is 3.24. The van der Waals surface area contributed by atoms with E-state index in [-0.39, 0.29) is 5.56 Å². The zero-order chi connectivity index (χ0) is 16.4. The molecule has 0 aliphatic rings. The number of aryl methyl sites for hydroxylation is 3. The molecule has 0 aliphatic carbocycles. The van der Waals surface area contributed by atoms with Gasteiger partial charge in [-0.25, -0.2) is 15.0 Å². The molecule has 0 amide bonds. The van der Waals surface area contributed by atoms with Crippen LogP contribution in [0.3, 0.4) is 0 Å². The Morgan fingerprint density at radius 3 is 2.78 bits per heavy atom. The molecular weight excluding hydrogens is 310 g/mol. The lowest BCUT2D eigenvalue weighted by Gasteiger charge is -2.01. The molecule has 6 nitrogen and oxygen atoms in total.